The van der Waals surface area contributed by atoms with E-state index in [0.717, 1.165) is 19.4 Å². The molecule has 5 nitrogen and oxygen atoms in total. The first-order valence-electron chi connectivity index (χ1n) is 7.36. The number of amides is 2. The summed E-state index contributed by atoms with van der Waals surface area (Å²) in [5.74, 6) is 0.308. The van der Waals surface area contributed by atoms with E-state index in [1.807, 2.05) is 0 Å². The van der Waals surface area contributed by atoms with Gasteiger partial charge in [0.05, 0.1) is 11.2 Å². The molecule has 1 heterocycles. The highest BCUT2D eigenvalue weighted by molar-refractivity contribution is 6.30. The number of hydrogen-bond donors (Lipinski definition) is 2. The summed E-state index contributed by atoms with van der Waals surface area (Å²) in [6.07, 6.45) is 9.37. The van der Waals surface area contributed by atoms with Crippen LogP contribution in [0.15, 0.2) is 12.4 Å². The van der Waals surface area contributed by atoms with Gasteiger partial charge in [0.25, 0.3) is 0 Å². The molecule has 1 aromatic rings. The molecule has 1 aliphatic rings. The van der Waals surface area contributed by atoms with E-state index < -0.39 is 0 Å². The SMILES string of the molecule is C[C@@H](CNC(=O)NC1CCCCC1)Cn1cc(Cl)cn1. The van der Waals surface area contributed by atoms with Crippen molar-refractivity contribution in [2.75, 3.05) is 6.54 Å². The van der Waals surface area contributed by atoms with Crippen molar-refractivity contribution < 1.29 is 4.79 Å². The molecule has 2 rings (SSSR count). The molecular formula is C14H23ClN4O. The highest BCUT2D eigenvalue weighted by atomic mass is 35.5. The first kappa shape index (κ1) is 15.2. The molecule has 0 bridgehead atoms. The standard InChI is InChI=1S/C14H23ClN4O/c1-11(9-19-10-12(15)8-17-19)7-16-14(20)18-13-5-3-2-4-6-13/h8,10-11,13H,2-7,9H2,1H3,(H2,16,18,20)/t11-/m0/s1. The Morgan fingerprint density at radius 2 is 2.25 bits per heavy atom. The van der Waals surface area contributed by atoms with Crippen molar-refractivity contribution in [2.24, 2.45) is 5.92 Å². The van der Waals surface area contributed by atoms with Crippen LogP contribution in [0.2, 0.25) is 5.02 Å². The molecule has 1 saturated carbocycles. The summed E-state index contributed by atoms with van der Waals surface area (Å²) in [6.45, 7) is 3.46. The number of urea groups is 1. The Bertz CT molecular complexity index is 429. The summed E-state index contributed by atoms with van der Waals surface area (Å²) in [6, 6.07) is 0.297. The molecule has 0 unspecified atom stereocenters. The highest BCUT2D eigenvalue weighted by Gasteiger charge is 2.15. The summed E-state index contributed by atoms with van der Waals surface area (Å²) in [4.78, 5) is 11.8. The van der Waals surface area contributed by atoms with Crippen molar-refractivity contribution >= 4 is 17.6 Å². The molecule has 1 fully saturated rings. The Balaban J connectivity index is 1.64. The van der Waals surface area contributed by atoms with E-state index in [0.29, 0.717) is 23.5 Å². The molecule has 1 aromatic heterocycles. The van der Waals surface area contributed by atoms with E-state index in [2.05, 4.69) is 22.7 Å². The van der Waals surface area contributed by atoms with Gasteiger partial charge in [0, 0.05) is 25.3 Å². The Morgan fingerprint density at radius 3 is 2.90 bits per heavy atom. The summed E-state index contributed by atoms with van der Waals surface area (Å²) >= 11 is 5.82. The van der Waals surface area contributed by atoms with Crippen molar-refractivity contribution in [2.45, 2.75) is 51.6 Å². The van der Waals surface area contributed by atoms with Crippen LogP contribution in [0.5, 0.6) is 0 Å². The number of nitrogens with zero attached hydrogens (tertiary/aromatic N) is 2. The number of carbonyl (C=O) groups is 1. The van der Waals surface area contributed by atoms with E-state index in [1.54, 1.807) is 17.1 Å². The van der Waals surface area contributed by atoms with Crippen LogP contribution >= 0.6 is 11.6 Å². The fourth-order valence-corrected chi connectivity index (χ4v) is 2.73. The molecule has 0 spiro atoms. The molecule has 0 radical (unpaired) electrons. The average molecular weight is 299 g/mol. The number of carbonyl (C=O) groups excluding carboxylic acids is 1. The van der Waals surface area contributed by atoms with E-state index in [9.17, 15) is 4.79 Å². The highest BCUT2D eigenvalue weighted by Crippen LogP contribution is 2.17. The lowest BCUT2D eigenvalue weighted by Crippen LogP contribution is -2.44. The zero-order valence-corrected chi connectivity index (χ0v) is 12.7. The Morgan fingerprint density at radius 1 is 1.50 bits per heavy atom. The van der Waals surface area contributed by atoms with Gasteiger partial charge in [0.15, 0.2) is 0 Å². The molecule has 20 heavy (non-hydrogen) atoms. The van der Waals surface area contributed by atoms with Gasteiger partial charge in [-0.25, -0.2) is 4.79 Å². The minimum absolute atomic E-state index is 0.0535. The van der Waals surface area contributed by atoms with Crippen LogP contribution in [0.25, 0.3) is 0 Å². The zero-order valence-electron chi connectivity index (χ0n) is 11.9. The maximum absolute atomic E-state index is 11.8. The third-order valence-electron chi connectivity index (χ3n) is 3.65. The monoisotopic (exact) mass is 298 g/mol. The second-order valence-corrected chi connectivity index (χ2v) is 6.11. The molecular weight excluding hydrogens is 276 g/mol. The van der Waals surface area contributed by atoms with Gasteiger partial charge >= 0.3 is 6.03 Å². The van der Waals surface area contributed by atoms with Crippen LogP contribution in [0, 0.1) is 5.92 Å². The van der Waals surface area contributed by atoms with Crippen LogP contribution in [0.4, 0.5) is 4.79 Å². The molecule has 1 atom stereocenters. The van der Waals surface area contributed by atoms with E-state index in [4.69, 9.17) is 11.6 Å². The second kappa shape index (κ2) is 7.53. The number of hydrogen-bond acceptors (Lipinski definition) is 2. The fraction of sp³-hybridized carbons (Fsp3) is 0.714. The molecule has 0 aliphatic heterocycles. The molecule has 1 aliphatic carbocycles. The van der Waals surface area contributed by atoms with Gasteiger partial charge in [0.2, 0.25) is 0 Å². The van der Waals surface area contributed by atoms with Crippen LogP contribution in [-0.4, -0.2) is 28.4 Å². The summed E-state index contributed by atoms with van der Waals surface area (Å²) < 4.78 is 1.80. The number of aromatic nitrogens is 2. The third kappa shape index (κ3) is 5.04. The maximum atomic E-state index is 11.8. The van der Waals surface area contributed by atoms with Crippen molar-refractivity contribution in [3.05, 3.63) is 17.4 Å². The fourth-order valence-electron chi connectivity index (χ4n) is 2.57. The van der Waals surface area contributed by atoms with Crippen LogP contribution in [0.1, 0.15) is 39.0 Å². The Hall–Kier alpha value is -1.23. The summed E-state index contributed by atoms with van der Waals surface area (Å²) in [5, 5.41) is 10.8. The van der Waals surface area contributed by atoms with E-state index >= 15 is 0 Å². The Kier molecular flexibility index (Phi) is 5.71. The van der Waals surface area contributed by atoms with Crippen molar-refractivity contribution in [3.63, 3.8) is 0 Å². The van der Waals surface area contributed by atoms with Gasteiger partial charge in [-0.15, -0.1) is 0 Å². The minimum atomic E-state index is -0.0535. The smallest absolute Gasteiger partial charge is 0.315 e. The predicted molar refractivity (Wildman–Crippen MR) is 79.8 cm³/mol. The van der Waals surface area contributed by atoms with E-state index in [1.165, 1.54) is 19.3 Å². The maximum Gasteiger partial charge on any atom is 0.315 e. The molecule has 2 amide bonds. The van der Waals surface area contributed by atoms with Crippen LogP contribution < -0.4 is 10.6 Å². The molecule has 0 saturated heterocycles. The van der Waals surface area contributed by atoms with E-state index in [-0.39, 0.29) is 6.03 Å². The third-order valence-corrected chi connectivity index (χ3v) is 3.85. The largest absolute Gasteiger partial charge is 0.338 e. The average Bonchev–Trinajstić information content (AvgIpc) is 2.83. The van der Waals surface area contributed by atoms with Gasteiger partial charge in [-0.2, -0.15) is 5.10 Å². The van der Waals surface area contributed by atoms with Gasteiger partial charge in [0.1, 0.15) is 0 Å². The number of halogens is 1. The number of rotatable bonds is 5. The topological polar surface area (TPSA) is 59.0 Å². The molecule has 2 N–H and O–H groups in total. The minimum Gasteiger partial charge on any atom is -0.338 e. The quantitative estimate of drug-likeness (QED) is 0.878. The summed E-state index contributed by atoms with van der Waals surface area (Å²) in [5.41, 5.74) is 0. The first-order valence-corrected chi connectivity index (χ1v) is 7.73. The van der Waals surface area contributed by atoms with Crippen molar-refractivity contribution in [1.29, 1.82) is 0 Å². The zero-order chi connectivity index (χ0) is 14.4. The van der Waals surface area contributed by atoms with Gasteiger partial charge in [-0.05, 0) is 18.8 Å². The second-order valence-electron chi connectivity index (χ2n) is 5.68. The van der Waals surface area contributed by atoms with Crippen molar-refractivity contribution in [3.8, 4) is 0 Å². The first-order chi connectivity index (χ1) is 9.63. The Labute approximate surface area is 125 Å². The molecule has 0 aromatic carbocycles. The van der Waals surface area contributed by atoms with Gasteiger partial charge in [-0.1, -0.05) is 37.8 Å². The number of nitrogens with one attached hydrogen (secondary N) is 2. The predicted octanol–water partition coefficient (Wildman–Crippen LogP) is 2.80. The van der Waals surface area contributed by atoms with Gasteiger partial charge in [-0.3, -0.25) is 4.68 Å². The van der Waals surface area contributed by atoms with Crippen molar-refractivity contribution in [1.82, 2.24) is 20.4 Å². The lowest BCUT2D eigenvalue weighted by molar-refractivity contribution is 0.230. The van der Waals surface area contributed by atoms with Crippen LogP contribution in [0.3, 0.4) is 0 Å². The summed E-state index contributed by atoms with van der Waals surface area (Å²) in [7, 11) is 0. The molecule has 6 heteroatoms. The lowest BCUT2D eigenvalue weighted by atomic mass is 9.96. The van der Waals surface area contributed by atoms with Crippen LogP contribution in [-0.2, 0) is 6.54 Å². The normalized spacial score (nSPS) is 17.7. The lowest BCUT2D eigenvalue weighted by Gasteiger charge is -2.23. The molecule has 112 valence electrons. The van der Waals surface area contributed by atoms with Gasteiger partial charge < -0.3 is 10.6 Å².